The number of benzene rings is 1. The molecule has 1 saturated heterocycles. The number of fused-ring (bicyclic) bond motifs is 1. The van der Waals surface area contributed by atoms with Crippen LogP contribution in [0.4, 0.5) is 11.4 Å². The Morgan fingerprint density at radius 2 is 1.96 bits per heavy atom. The molecule has 1 aromatic carbocycles. The van der Waals surface area contributed by atoms with Crippen molar-refractivity contribution in [2.75, 3.05) is 12.0 Å². The SMILES string of the molecule is COC(=O)C1=NN[C@H]2C(=O)N(c3ccc([N+](=O)[O-])cc3)C(=O)[C@H]12. The number of rotatable bonds is 3. The maximum atomic E-state index is 12.5. The van der Waals surface area contributed by atoms with E-state index in [2.05, 4.69) is 15.3 Å². The van der Waals surface area contributed by atoms with Crippen molar-refractivity contribution in [2.45, 2.75) is 6.04 Å². The molecule has 0 aromatic heterocycles. The number of anilines is 1. The first-order valence-electron chi connectivity index (χ1n) is 6.49. The number of nitro benzene ring substituents is 1. The molecular formula is C13H10N4O6. The van der Waals surface area contributed by atoms with Gasteiger partial charge in [-0.05, 0) is 12.1 Å². The lowest BCUT2D eigenvalue weighted by Crippen LogP contribution is -2.36. The zero-order valence-corrected chi connectivity index (χ0v) is 11.8. The van der Waals surface area contributed by atoms with Crippen molar-refractivity contribution in [3.05, 3.63) is 34.4 Å². The van der Waals surface area contributed by atoms with E-state index in [1.54, 1.807) is 0 Å². The van der Waals surface area contributed by atoms with Gasteiger partial charge in [0.2, 0.25) is 5.91 Å². The lowest BCUT2D eigenvalue weighted by Gasteiger charge is -2.15. The van der Waals surface area contributed by atoms with Crippen LogP contribution in [0.5, 0.6) is 0 Å². The minimum atomic E-state index is -1.06. The van der Waals surface area contributed by atoms with Crippen LogP contribution in [-0.2, 0) is 19.1 Å². The Labute approximate surface area is 128 Å². The van der Waals surface area contributed by atoms with Crippen molar-refractivity contribution in [3.63, 3.8) is 0 Å². The third kappa shape index (κ3) is 2.11. The molecule has 0 spiro atoms. The molecule has 1 N–H and O–H groups in total. The number of nitrogens with zero attached hydrogens (tertiary/aromatic N) is 3. The fourth-order valence-corrected chi connectivity index (χ4v) is 2.54. The maximum Gasteiger partial charge on any atom is 0.355 e. The molecule has 2 aliphatic heterocycles. The Bertz CT molecular complexity index is 756. The Morgan fingerprint density at radius 3 is 2.52 bits per heavy atom. The Morgan fingerprint density at radius 1 is 1.30 bits per heavy atom. The molecule has 2 heterocycles. The first kappa shape index (κ1) is 14.6. The van der Waals surface area contributed by atoms with Crippen molar-refractivity contribution in [2.24, 2.45) is 11.0 Å². The molecule has 23 heavy (non-hydrogen) atoms. The number of nitrogens with one attached hydrogen (secondary N) is 1. The smallest absolute Gasteiger partial charge is 0.355 e. The molecule has 0 radical (unpaired) electrons. The van der Waals surface area contributed by atoms with E-state index in [-0.39, 0.29) is 17.1 Å². The van der Waals surface area contributed by atoms with Gasteiger partial charge in [-0.1, -0.05) is 0 Å². The quantitative estimate of drug-likeness (QED) is 0.346. The van der Waals surface area contributed by atoms with E-state index in [9.17, 15) is 24.5 Å². The molecule has 10 heteroatoms. The summed E-state index contributed by atoms with van der Waals surface area (Å²) < 4.78 is 4.54. The maximum absolute atomic E-state index is 12.5. The average Bonchev–Trinajstić information content (AvgIpc) is 3.08. The molecule has 2 atom stereocenters. The largest absolute Gasteiger partial charge is 0.464 e. The Balaban J connectivity index is 1.92. The van der Waals surface area contributed by atoms with Crippen LogP contribution in [-0.4, -0.2) is 41.6 Å². The van der Waals surface area contributed by atoms with Gasteiger partial charge >= 0.3 is 5.97 Å². The van der Waals surface area contributed by atoms with Gasteiger partial charge in [-0.25, -0.2) is 9.69 Å². The van der Waals surface area contributed by atoms with Crippen LogP contribution in [0.2, 0.25) is 0 Å². The summed E-state index contributed by atoms with van der Waals surface area (Å²) >= 11 is 0. The minimum Gasteiger partial charge on any atom is -0.464 e. The molecule has 10 nitrogen and oxygen atoms in total. The van der Waals surface area contributed by atoms with Gasteiger partial charge in [-0.3, -0.25) is 25.1 Å². The van der Waals surface area contributed by atoms with Crippen molar-refractivity contribution >= 4 is 34.9 Å². The number of nitro groups is 1. The lowest BCUT2D eigenvalue weighted by molar-refractivity contribution is -0.384. The number of ether oxygens (including phenoxy) is 1. The second-order valence-corrected chi connectivity index (χ2v) is 4.86. The van der Waals surface area contributed by atoms with Crippen LogP contribution in [0.3, 0.4) is 0 Å². The van der Waals surface area contributed by atoms with Gasteiger partial charge in [0.1, 0.15) is 12.0 Å². The van der Waals surface area contributed by atoms with Crippen LogP contribution in [0.25, 0.3) is 0 Å². The number of hydrogen-bond donors (Lipinski definition) is 1. The van der Waals surface area contributed by atoms with E-state index in [1.807, 2.05) is 0 Å². The summed E-state index contributed by atoms with van der Waals surface area (Å²) in [6, 6.07) is 3.99. The zero-order valence-electron chi connectivity index (χ0n) is 11.8. The fraction of sp³-hybridized carbons (Fsp3) is 0.231. The van der Waals surface area contributed by atoms with E-state index in [4.69, 9.17) is 0 Å². The highest BCUT2D eigenvalue weighted by atomic mass is 16.6. The molecule has 2 aliphatic rings. The Hall–Kier alpha value is -3.30. The highest BCUT2D eigenvalue weighted by Crippen LogP contribution is 2.31. The molecule has 1 aromatic rings. The number of carbonyl (C=O) groups is 3. The summed E-state index contributed by atoms with van der Waals surface area (Å²) in [5.74, 6) is -3.08. The number of carbonyl (C=O) groups excluding carboxylic acids is 3. The number of non-ortho nitro benzene ring substituents is 1. The van der Waals surface area contributed by atoms with Gasteiger partial charge in [0.15, 0.2) is 5.71 Å². The number of hydrogen-bond acceptors (Lipinski definition) is 8. The van der Waals surface area contributed by atoms with E-state index >= 15 is 0 Å². The highest BCUT2D eigenvalue weighted by molar-refractivity contribution is 6.46. The van der Waals surface area contributed by atoms with E-state index in [0.717, 1.165) is 12.0 Å². The van der Waals surface area contributed by atoms with E-state index in [0.29, 0.717) is 0 Å². The number of amides is 2. The summed E-state index contributed by atoms with van der Waals surface area (Å²) in [4.78, 5) is 47.4. The van der Waals surface area contributed by atoms with Gasteiger partial charge in [-0.15, -0.1) is 0 Å². The van der Waals surface area contributed by atoms with Crippen LogP contribution >= 0.6 is 0 Å². The predicted molar refractivity (Wildman–Crippen MR) is 75.5 cm³/mol. The van der Waals surface area contributed by atoms with Crippen molar-refractivity contribution < 1.29 is 24.0 Å². The lowest BCUT2D eigenvalue weighted by atomic mass is 9.99. The summed E-state index contributed by atoms with van der Waals surface area (Å²) in [5.41, 5.74) is 2.32. The van der Waals surface area contributed by atoms with Gasteiger partial charge in [0, 0.05) is 12.1 Å². The molecule has 1 fully saturated rings. The summed E-state index contributed by atoms with van der Waals surface area (Å²) in [7, 11) is 1.15. The van der Waals surface area contributed by atoms with Gasteiger partial charge in [0.25, 0.3) is 11.6 Å². The molecule has 118 valence electrons. The summed E-state index contributed by atoms with van der Waals surface area (Å²) in [5, 5.41) is 14.3. The van der Waals surface area contributed by atoms with Crippen LogP contribution in [0.1, 0.15) is 0 Å². The first-order chi connectivity index (χ1) is 11.0. The monoisotopic (exact) mass is 318 g/mol. The average molecular weight is 318 g/mol. The van der Waals surface area contributed by atoms with Crippen LogP contribution in [0, 0.1) is 16.0 Å². The minimum absolute atomic E-state index is 0.164. The van der Waals surface area contributed by atoms with E-state index in [1.165, 1.54) is 24.3 Å². The molecule has 0 unspecified atom stereocenters. The standard InChI is InChI=1S/C13H10N4O6/c1-23-13(20)10-8-9(14-15-10)12(19)16(11(8)18)6-2-4-7(5-3-6)17(21)22/h2-5,8-9,14H,1H3/t8-,9+/m0/s1. The summed E-state index contributed by atoms with van der Waals surface area (Å²) in [6.07, 6.45) is 0. The molecule has 3 rings (SSSR count). The van der Waals surface area contributed by atoms with Gasteiger partial charge < -0.3 is 4.74 Å². The number of esters is 1. The van der Waals surface area contributed by atoms with Crippen molar-refractivity contribution in [3.8, 4) is 0 Å². The predicted octanol–water partition coefficient (Wildman–Crippen LogP) is -0.415. The first-order valence-corrected chi connectivity index (χ1v) is 6.49. The molecule has 0 saturated carbocycles. The molecular weight excluding hydrogens is 308 g/mol. The van der Waals surface area contributed by atoms with E-state index < -0.39 is 34.7 Å². The van der Waals surface area contributed by atoms with Crippen molar-refractivity contribution in [1.82, 2.24) is 5.43 Å². The van der Waals surface area contributed by atoms with Crippen molar-refractivity contribution in [1.29, 1.82) is 0 Å². The topological polar surface area (TPSA) is 131 Å². The molecule has 0 aliphatic carbocycles. The highest BCUT2D eigenvalue weighted by Gasteiger charge is 2.55. The Kier molecular flexibility index (Phi) is 3.28. The number of imide groups is 1. The second-order valence-electron chi connectivity index (χ2n) is 4.86. The number of methoxy groups -OCH3 is 1. The normalized spacial score (nSPS) is 22.5. The second kappa shape index (κ2) is 5.16. The molecule has 0 bridgehead atoms. The van der Waals surface area contributed by atoms with Gasteiger partial charge in [-0.2, -0.15) is 5.10 Å². The fourth-order valence-electron chi connectivity index (χ4n) is 2.54. The van der Waals surface area contributed by atoms with Crippen LogP contribution in [0.15, 0.2) is 29.4 Å². The van der Waals surface area contributed by atoms with Gasteiger partial charge in [0.05, 0.1) is 17.7 Å². The third-order valence-corrected chi connectivity index (χ3v) is 3.64. The van der Waals surface area contributed by atoms with Crippen LogP contribution < -0.4 is 10.3 Å². The number of hydrazone groups is 1. The summed E-state index contributed by atoms with van der Waals surface area (Å²) in [6.45, 7) is 0. The molecule has 2 amide bonds. The zero-order chi connectivity index (χ0) is 16.7. The third-order valence-electron chi connectivity index (χ3n) is 3.64.